The van der Waals surface area contributed by atoms with Crippen molar-refractivity contribution in [2.45, 2.75) is 26.1 Å². The van der Waals surface area contributed by atoms with E-state index in [-0.39, 0.29) is 11.1 Å². The van der Waals surface area contributed by atoms with Gasteiger partial charge in [-0.15, -0.1) is 0 Å². The molecule has 1 rings (SSSR count). The van der Waals surface area contributed by atoms with Crippen molar-refractivity contribution in [3.05, 3.63) is 34.9 Å². The van der Waals surface area contributed by atoms with Crippen LogP contribution in [-0.4, -0.2) is 0 Å². The minimum atomic E-state index is -1.06. The molecule has 0 heterocycles. The van der Waals surface area contributed by atoms with Crippen LogP contribution in [0.4, 0.5) is 13.2 Å². The normalized spacial score (nSPS) is 11.9. The first-order valence-corrected chi connectivity index (χ1v) is 4.19. The molecule has 0 aromatic heterocycles. The second-order valence-corrected chi connectivity index (χ2v) is 3.79. The van der Waals surface area contributed by atoms with E-state index in [0.29, 0.717) is 0 Å². The molecular formula is C10H12F3N. The van der Waals surface area contributed by atoms with Gasteiger partial charge in [0.15, 0.2) is 11.6 Å². The van der Waals surface area contributed by atoms with Gasteiger partial charge >= 0.3 is 0 Å². The summed E-state index contributed by atoms with van der Waals surface area (Å²) in [6.07, 6.45) is 0. The molecule has 0 atom stereocenters. The minimum absolute atomic E-state index is 0.00912. The molecule has 0 aliphatic rings. The predicted octanol–water partition coefficient (Wildman–Crippen LogP) is 2.63. The van der Waals surface area contributed by atoms with Crippen molar-refractivity contribution in [1.82, 2.24) is 0 Å². The van der Waals surface area contributed by atoms with Crippen molar-refractivity contribution in [1.29, 1.82) is 0 Å². The molecule has 0 radical (unpaired) electrons. The molecule has 4 heteroatoms. The molecule has 0 bridgehead atoms. The van der Waals surface area contributed by atoms with Crippen LogP contribution in [0.25, 0.3) is 0 Å². The van der Waals surface area contributed by atoms with Gasteiger partial charge in [0.25, 0.3) is 0 Å². The highest BCUT2D eigenvalue weighted by Gasteiger charge is 2.22. The monoisotopic (exact) mass is 203 g/mol. The molecule has 0 saturated carbocycles. The van der Waals surface area contributed by atoms with E-state index in [0.717, 1.165) is 6.07 Å². The van der Waals surface area contributed by atoms with Gasteiger partial charge in [-0.2, -0.15) is 0 Å². The average Bonchev–Trinajstić information content (AvgIpc) is 2.07. The van der Waals surface area contributed by atoms with Crippen molar-refractivity contribution in [3.63, 3.8) is 0 Å². The highest BCUT2D eigenvalue weighted by Crippen LogP contribution is 2.24. The Hall–Kier alpha value is -1.03. The van der Waals surface area contributed by atoms with Crippen LogP contribution < -0.4 is 5.73 Å². The Bertz CT molecular complexity index is 342. The van der Waals surface area contributed by atoms with E-state index in [1.54, 1.807) is 0 Å². The lowest BCUT2D eigenvalue weighted by Gasteiger charge is -2.20. The van der Waals surface area contributed by atoms with E-state index in [2.05, 4.69) is 0 Å². The summed E-state index contributed by atoms with van der Waals surface area (Å²) in [7, 11) is 0. The van der Waals surface area contributed by atoms with Crippen LogP contribution in [0.5, 0.6) is 0 Å². The lowest BCUT2D eigenvalue weighted by atomic mass is 9.93. The zero-order valence-electron chi connectivity index (χ0n) is 8.07. The fourth-order valence-electron chi connectivity index (χ4n) is 1.19. The van der Waals surface area contributed by atoms with Crippen LogP contribution in [0.3, 0.4) is 0 Å². The Labute approximate surface area is 80.7 Å². The van der Waals surface area contributed by atoms with E-state index >= 15 is 0 Å². The van der Waals surface area contributed by atoms with Gasteiger partial charge in [0.2, 0.25) is 0 Å². The lowest BCUT2D eigenvalue weighted by Crippen LogP contribution is -2.30. The van der Waals surface area contributed by atoms with E-state index in [1.165, 1.54) is 19.9 Å². The molecule has 0 amide bonds. The molecule has 78 valence electrons. The summed E-state index contributed by atoms with van der Waals surface area (Å²) < 4.78 is 38.5. The molecule has 1 aromatic carbocycles. The number of rotatable bonds is 2. The number of nitrogens with two attached hydrogens (primary N) is 1. The van der Waals surface area contributed by atoms with Crippen molar-refractivity contribution in [3.8, 4) is 0 Å². The maximum absolute atomic E-state index is 13.2. The van der Waals surface area contributed by atoms with Crippen LogP contribution in [0.15, 0.2) is 12.1 Å². The summed E-state index contributed by atoms with van der Waals surface area (Å²) in [5, 5.41) is 0. The summed E-state index contributed by atoms with van der Waals surface area (Å²) in [5.74, 6) is -2.07. The van der Waals surface area contributed by atoms with Crippen LogP contribution in [0.1, 0.15) is 25.0 Å². The second-order valence-electron chi connectivity index (χ2n) is 3.79. The zero-order valence-corrected chi connectivity index (χ0v) is 8.07. The molecule has 0 aliphatic heterocycles. The van der Waals surface area contributed by atoms with Gasteiger partial charge < -0.3 is 5.73 Å². The Morgan fingerprint density at radius 2 is 1.86 bits per heavy atom. The van der Waals surface area contributed by atoms with Crippen LogP contribution >= 0.6 is 0 Å². The van der Waals surface area contributed by atoms with Gasteiger partial charge in [0, 0.05) is 11.1 Å². The van der Waals surface area contributed by atoms with E-state index in [9.17, 15) is 13.2 Å². The van der Waals surface area contributed by atoms with Crippen LogP contribution in [0, 0.1) is 11.6 Å². The number of hydrogen-bond acceptors (Lipinski definition) is 1. The molecule has 0 saturated heterocycles. The van der Waals surface area contributed by atoms with Gasteiger partial charge in [-0.25, -0.2) is 13.2 Å². The third-order valence-electron chi connectivity index (χ3n) is 1.94. The summed E-state index contributed by atoms with van der Waals surface area (Å²) in [4.78, 5) is 0. The minimum Gasteiger partial charge on any atom is -0.322 e. The second kappa shape index (κ2) is 3.61. The standard InChI is InChI=1S/C10H12F3N/c1-10(2,14)7-3-6(5-11)4-8(12)9(7)13/h3-4H,5,14H2,1-2H3. The molecule has 0 aliphatic carbocycles. The fourth-order valence-corrected chi connectivity index (χ4v) is 1.19. The topological polar surface area (TPSA) is 26.0 Å². The molecule has 1 nitrogen and oxygen atoms in total. The summed E-state index contributed by atoms with van der Waals surface area (Å²) in [6.45, 7) is 2.24. The zero-order chi connectivity index (χ0) is 10.9. The van der Waals surface area contributed by atoms with E-state index in [1.807, 2.05) is 0 Å². The molecule has 0 unspecified atom stereocenters. The Kier molecular flexibility index (Phi) is 2.85. The largest absolute Gasteiger partial charge is 0.322 e. The first-order valence-electron chi connectivity index (χ1n) is 4.19. The van der Waals surface area contributed by atoms with Crippen molar-refractivity contribution < 1.29 is 13.2 Å². The smallest absolute Gasteiger partial charge is 0.163 e. The van der Waals surface area contributed by atoms with Gasteiger partial charge in [-0.3, -0.25) is 0 Å². The van der Waals surface area contributed by atoms with Gasteiger partial charge in [-0.1, -0.05) is 0 Å². The molecule has 14 heavy (non-hydrogen) atoms. The summed E-state index contributed by atoms with van der Waals surface area (Å²) in [6, 6.07) is 2.09. The third-order valence-corrected chi connectivity index (χ3v) is 1.94. The lowest BCUT2D eigenvalue weighted by molar-refractivity contribution is 0.442. The van der Waals surface area contributed by atoms with E-state index in [4.69, 9.17) is 5.73 Å². The first kappa shape index (κ1) is 11.0. The number of hydrogen-bond donors (Lipinski definition) is 1. The maximum Gasteiger partial charge on any atom is 0.163 e. The van der Waals surface area contributed by atoms with Crippen molar-refractivity contribution >= 4 is 0 Å². The Balaban J connectivity index is 3.35. The number of halogens is 3. The maximum atomic E-state index is 13.2. The molecule has 0 fully saturated rings. The third kappa shape index (κ3) is 2.07. The molecule has 0 spiro atoms. The highest BCUT2D eigenvalue weighted by molar-refractivity contribution is 5.30. The predicted molar refractivity (Wildman–Crippen MR) is 48.4 cm³/mol. The van der Waals surface area contributed by atoms with Crippen molar-refractivity contribution in [2.24, 2.45) is 5.73 Å². The molecule has 2 N–H and O–H groups in total. The van der Waals surface area contributed by atoms with Gasteiger partial charge in [0.1, 0.15) is 6.67 Å². The first-order chi connectivity index (χ1) is 6.36. The van der Waals surface area contributed by atoms with E-state index < -0.39 is 23.8 Å². The summed E-state index contributed by atoms with van der Waals surface area (Å²) in [5.41, 5.74) is 4.69. The van der Waals surface area contributed by atoms with Gasteiger partial charge in [-0.05, 0) is 31.5 Å². The molecular weight excluding hydrogens is 191 g/mol. The average molecular weight is 203 g/mol. The van der Waals surface area contributed by atoms with Crippen LogP contribution in [0.2, 0.25) is 0 Å². The number of alkyl halides is 1. The number of benzene rings is 1. The molecule has 1 aromatic rings. The summed E-state index contributed by atoms with van der Waals surface area (Å²) >= 11 is 0. The Morgan fingerprint density at radius 3 is 2.29 bits per heavy atom. The van der Waals surface area contributed by atoms with Crippen LogP contribution in [-0.2, 0) is 12.2 Å². The quantitative estimate of drug-likeness (QED) is 0.785. The SMILES string of the molecule is CC(C)(N)c1cc(CF)cc(F)c1F. The van der Waals surface area contributed by atoms with Crippen molar-refractivity contribution in [2.75, 3.05) is 0 Å². The van der Waals surface area contributed by atoms with Gasteiger partial charge in [0.05, 0.1) is 0 Å². The Morgan fingerprint density at radius 1 is 1.29 bits per heavy atom. The highest BCUT2D eigenvalue weighted by atomic mass is 19.2. The fraction of sp³-hybridized carbons (Fsp3) is 0.400.